The van der Waals surface area contributed by atoms with Crippen LogP contribution in [0.1, 0.15) is 60.0 Å². The zero-order chi connectivity index (χ0) is 19.8. The number of carbonyl (C=O) groups is 2. The molecule has 3 fully saturated rings. The molecule has 4 heterocycles. The van der Waals surface area contributed by atoms with Gasteiger partial charge in [-0.05, 0) is 75.2 Å². The lowest BCUT2D eigenvalue weighted by Crippen LogP contribution is -2.60. The van der Waals surface area contributed by atoms with Gasteiger partial charge in [-0.3, -0.25) is 4.79 Å². The first-order chi connectivity index (χ1) is 13.5. The number of aliphatic carboxylic acids is 1. The number of carbonyl (C=O) groups excluding carboxylic acids is 1. The highest BCUT2D eigenvalue weighted by Gasteiger charge is 2.43. The Morgan fingerprint density at radius 3 is 2.50 bits per heavy atom. The molecule has 1 aliphatic carbocycles. The van der Waals surface area contributed by atoms with Crippen LogP contribution in [0.3, 0.4) is 0 Å². The van der Waals surface area contributed by atoms with E-state index in [9.17, 15) is 9.59 Å². The van der Waals surface area contributed by atoms with Crippen molar-refractivity contribution in [1.29, 1.82) is 0 Å². The highest BCUT2D eigenvalue weighted by atomic mass is 16.4. The zero-order valence-electron chi connectivity index (χ0n) is 16.5. The van der Waals surface area contributed by atoms with Crippen LogP contribution in [0.5, 0.6) is 0 Å². The molecule has 0 aromatic heterocycles. The van der Waals surface area contributed by atoms with Crippen molar-refractivity contribution in [2.45, 2.75) is 57.1 Å². The first-order valence-electron chi connectivity index (χ1n) is 10.5. The molecule has 28 heavy (non-hydrogen) atoms. The summed E-state index contributed by atoms with van der Waals surface area (Å²) in [5.41, 5.74) is 3.86. The third-order valence-electron chi connectivity index (χ3n) is 6.89. The SMILES string of the molecule is CC(O)C(=O)O.O=C1c2cccc3c2[C@@H](CCC3)CN1[C@@H]1CN2CCC1CC2. The summed E-state index contributed by atoms with van der Waals surface area (Å²) in [5.74, 6) is 0.458. The number of nitrogens with zero attached hydrogens (tertiary/aromatic N) is 2. The van der Waals surface area contributed by atoms with E-state index < -0.39 is 12.1 Å². The number of fused-ring (bicyclic) bond motifs is 3. The minimum absolute atomic E-state index is 0.314. The lowest BCUT2D eigenvalue weighted by Gasteiger charge is -2.51. The Kier molecular flexibility index (Phi) is 5.43. The minimum Gasteiger partial charge on any atom is -0.479 e. The van der Waals surface area contributed by atoms with Gasteiger partial charge in [0.2, 0.25) is 0 Å². The summed E-state index contributed by atoms with van der Waals surface area (Å²) in [4.78, 5) is 27.4. The second-order valence-corrected chi connectivity index (χ2v) is 8.64. The third-order valence-corrected chi connectivity index (χ3v) is 6.89. The first kappa shape index (κ1) is 19.4. The Labute approximate surface area is 166 Å². The lowest BCUT2D eigenvalue weighted by molar-refractivity contribution is -0.145. The van der Waals surface area contributed by atoms with E-state index in [2.05, 4.69) is 28.0 Å². The topological polar surface area (TPSA) is 81.1 Å². The van der Waals surface area contributed by atoms with Crippen molar-refractivity contribution in [3.05, 3.63) is 34.9 Å². The molecule has 5 aliphatic rings. The molecule has 4 aliphatic heterocycles. The fourth-order valence-electron chi connectivity index (χ4n) is 5.41. The predicted molar refractivity (Wildman–Crippen MR) is 105 cm³/mol. The van der Waals surface area contributed by atoms with Gasteiger partial charge in [0.1, 0.15) is 6.10 Å². The van der Waals surface area contributed by atoms with Crippen molar-refractivity contribution in [2.24, 2.45) is 5.92 Å². The van der Waals surface area contributed by atoms with Crippen LogP contribution < -0.4 is 0 Å². The van der Waals surface area contributed by atoms with Crippen LogP contribution in [-0.4, -0.2) is 70.2 Å². The Morgan fingerprint density at radius 1 is 1.18 bits per heavy atom. The van der Waals surface area contributed by atoms with E-state index in [4.69, 9.17) is 10.2 Å². The van der Waals surface area contributed by atoms with Crippen molar-refractivity contribution in [2.75, 3.05) is 26.2 Å². The molecule has 2 N–H and O–H groups in total. The standard InChI is InChI=1S/C19H24N2O.C3H6O3/c22-19-16-6-2-4-14-3-1-5-15(18(14)16)11-21(19)17-12-20-9-7-13(17)8-10-20;1-2(4)3(5)6/h2,4,6,13,15,17H,1,3,5,7-12H2;2,4H,1H3,(H,5,6)/t15-,17+;/m0./s1. The van der Waals surface area contributed by atoms with Crippen molar-refractivity contribution in [3.8, 4) is 0 Å². The molecule has 6 rings (SSSR count). The number of aryl methyl sites for hydroxylation is 1. The molecule has 0 spiro atoms. The van der Waals surface area contributed by atoms with Crippen LogP contribution >= 0.6 is 0 Å². The van der Waals surface area contributed by atoms with Gasteiger partial charge in [-0.15, -0.1) is 0 Å². The smallest absolute Gasteiger partial charge is 0.332 e. The van der Waals surface area contributed by atoms with Crippen molar-refractivity contribution < 1.29 is 19.8 Å². The van der Waals surface area contributed by atoms with Crippen LogP contribution in [0.4, 0.5) is 0 Å². The Balaban J connectivity index is 0.000000283. The molecule has 2 bridgehead atoms. The van der Waals surface area contributed by atoms with Crippen LogP contribution in [0.25, 0.3) is 0 Å². The molecule has 1 unspecified atom stereocenters. The Morgan fingerprint density at radius 2 is 1.89 bits per heavy atom. The molecule has 0 radical (unpaired) electrons. The van der Waals surface area contributed by atoms with Gasteiger partial charge in [-0.2, -0.15) is 0 Å². The predicted octanol–water partition coefficient (Wildman–Crippen LogP) is 2.11. The van der Waals surface area contributed by atoms with Crippen LogP contribution in [0.15, 0.2) is 18.2 Å². The molecule has 3 saturated heterocycles. The molecule has 1 amide bonds. The summed E-state index contributed by atoms with van der Waals surface area (Å²) >= 11 is 0. The molecule has 3 atom stereocenters. The average molecular weight is 386 g/mol. The summed E-state index contributed by atoms with van der Waals surface area (Å²) < 4.78 is 0. The molecular formula is C22H30N2O4. The fraction of sp³-hybridized carbons (Fsp3) is 0.636. The Bertz CT molecular complexity index is 755. The molecular weight excluding hydrogens is 356 g/mol. The van der Waals surface area contributed by atoms with Gasteiger partial charge in [0.15, 0.2) is 0 Å². The van der Waals surface area contributed by atoms with Crippen LogP contribution in [0, 0.1) is 5.92 Å². The average Bonchev–Trinajstić information content (AvgIpc) is 2.72. The van der Waals surface area contributed by atoms with Crippen LogP contribution in [-0.2, 0) is 11.2 Å². The number of aliphatic hydroxyl groups is 1. The number of carboxylic acid groups (broad SMARTS) is 1. The van der Waals surface area contributed by atoms with Gasteiger partial charge in [0.25, 0.3) is 5.91 Å². The monoisotopic (exact) mass is 386 g/mol. The van der Waals surface area contributed by atoms with E-state index in [1.165, 1.54) is 56.8 Å². The highest BCUT2D eigenvalue weighted by molar-refractivity contribution is 5.98. The van der Waals surface area contributed by atoms with Gasteiger partial charge in [0.05, 0.1) is 0 Å². The molecule has 6 heteroatoms. The summed E-state index contributed by atoms with van der Waals surface area (Å²) in [7, 11) is 0. The molecule has 1 aromatic carbocycles. The van der Waals surface area contributed by atoms with E-state index in [0.717, 1.165) is 31.0 Å². The van der Waals surface area contributed by atoms with Crippen molar-refractivity contribution in [1.82, 2.24) is 9.80 Å². The van der Waals surface area contributed by atoms with Crippen LogP contribution in [0.2, 0.25) is 0 Å². The van der Waals surface area contributed by atoms with E-state index in [0.29, 0.717) is 17.9 Å². The number of rotatable bonds is 2. The summed E-state index contributed by atoms with van der Waals surface area (Å²) in [5, 5.41) is 15.8. The number of piperidine rings is 3. The second-order valence-electron chi connectivity index (χ2n) is 8.64. The number of hydrogen-bond donors (Lipinski definition) is 2. The lowest BCUT2D eigenvalue weighted by atomic mass is 9.75. The molecule has 152 valence electrons. The number of aliphatic hydroxyl groups excluding tert-OH is 1. The molecule has 1 aromatic rings. The fourth-order valence-corrected chi connectivity index (χ4v) is 5.41. The van der Waals surface area contributed by atoms with E-state index in [-0.39, 0.29) is 0 Å². The maximum absolute atomic E-state index is 13.1. The number of amides is 1. The number of benzene rings is 1. The van der Waals surface area contributed by atoms with Gasteiger partial charge >= 0.3 is 5.97 Å². The maximum atomic E-state index is 13.1. The van der Waals surface area contributed by atoms with Crippen molar-refractivity contribution >= 4 is 11.9 Å². The van der Waals surface area contributed by atoms with Gasteiger partial charge in [-0.1, -0.05) is 12.1 Å². The Hall–Kier alpha value is -1.92. The summed E-state index contributed by atoms with van der Waals surface area (Å²) in [6.07, 6.45) is 5.04. The normalized spacial score (nSPS) is 31.5. The van der Waals surface area contributed by atoms with Gasteiger partial charge < -0.3 is 20.0 Å². The first-order valence-corrected chi connectivity index (χ1v) is 10.5. The largest absolute Gasteiger partial charge is 0.479 e. The third kappa shape index (κ3) is 3.55. The van der Waals surface area contributed by atoms with E-state index in [1.807, 2.05) is 0 Å². The second kappa shape index (κ2) is 7.84. The molecule has 6 nitrogen and oxygen atoms in total. The zero-order valence-corrected chi connectivity index (χ0v) is 16.5. The minimum atomic E-state index is -1.23. The number of hydrogen-bond acceptors (Lipinski definition) is 4. The maximum Gasteiger partial charge on any atom is 0.332 e. The summed E-state index contributed by atoms with van der Waals surface area (Å²) in [6, 6.07) is 6.87. The van der Waals surface area contributed by atoms with E-state index >= 15 is 0 Å². The van der Waals surface area contributed by atoms with Crippen molar-refractivity contribution in [3.63, 3.8) is 0 Å². The van der Waals surface area contributed by atoms with Gasteiger partial charge in [-0.25, -0.2) is 4.79 Å². The molecule has 0 saturated carbocycles. The van der Waals surface area contributed by atoms with E-state index in [1.54, 1.807) is 0 Å². The quantitative estimate of drug-likeness (QED) is 0.814. The summed E-state index contributed by atoms with van der Waals surface area (Å²) in [6.45, 7) is 5.76. The van der Waals surface area contributed by atoms with Gasteiger partial charge in [0, 0.05) is 30.6 Å². The number of carboxylic acids is 1. The highest BCUT2D eigenvalue weighted by Crippen LogP contribution is 2.41.